The molecule has 4 nitrogen and oxygen atoms in total. The number of para-hydroxylation sites is 1. The van der Waals surface area contributed by atoms with Gasteiger partial charge in [-0.3, -0.25) is 0 Å². The highest BCUT2D eigenvalue weighted by Crippen LogP contribution is 2.42. The van der Waals surface area contributed by atoms with E-state index in [0.717, 1.165) is 66.1 Å². The van der Waals surface area contributed by atoms with Gasteiger partial charge in [0.15, 0.2) is 17.5 Å². The van der Waals surface area contributed by atoms with Crippen molar-refractivity contribution in [3.8, 4) is 56.4 Å². The smallest absolute Gasteiger partial charge is 0.164 e. The molecule has 51 heavy (non-hydrogen) atoms. The van der Waals surface area contributed by atoms with E-state index in [-0.39, 0.29) is 0 Å². The van der Waals surface area contributed by atoms with Gasteiger partial charge >= 0.3 is 0 Å². The Labute approximate surface area is 294 Å². The molecule has 0 N–H and O–H groups in total. The average Bonchev–Trinajstić information content (AvgIpc) is 3.59. The Morgan fingerprint density at radius 3 is 1.63 bits per heavy atom. The lowest BCUT2D eigenvalue weighted by Crippen LogP contribution is -2.01. The number of rotatable bonds is 5. The second-order valence-electron chi connectivity index (χ2n) is 12.8. The Kier molecular flexibility index (Phi) is 6.78. The monoisotopic (exact) mass is 651 g/mol. The predicted octanol–water partition coefficient (Wildman–Crippen LogP) is 12.4. The molecule has 2 aromatic heterocycles. The second kappa shape index (κ2) is 11.9. The summed E-state index contributed by atoms with van der Waals surface area (Å²) >= 11 is 0. The Hall–Kier alpha value is -6.91. The van der Waals surface area contributed by atoms with Gasteiger partial charge in [0, 0.05) is 27.5 Å². The molecule has 0 saturated carbocycles. The van der Waals surface area contributed by atoms with Crippen LogP contribution in [0.15, 0.2) is 180 Å². The first-order valence-corrected chi connectivity index (χ1v) is 17.1. The van der Waals surface area contributed by atoms with E-state index in [9.17, 15) is 0 Å². The predicted molar refractivity (Wildman–Crippen MR) is 209 cm³/mol. The molecule has 10 aromatic rings. The highest BCUT2D eigenvalue weighted by molar-refractivity contribution is 6.14. The zero-order chi connectivity index (χ0) is 33.7. The van der Waals surface area contributed by atoms with Crippen molar-refractivity contribution in [2.24, 2.45) is 0 Å². The molecule has 0 atom stereocenters. The molecule has 0 radical (unpaired) electrons. The summed E-state index contributed by atoms with van der Waals surface area (Å²) < 4.78 is 6.32. The maximum absolute atomic E-state index is 6.32. The van der Waals surface area contributed by atoms with Crippen LogP contribution in [0.5, 0.6) is 0 Å². The molecule has 10 rings (SSSR count). The molecule has 0 amide bonds. The third-order valence-electron chi connectivity index (χ3n) is 9.71. The minimum atomic E-state index is 0.614. The van der Waals surface area contributed by atoms with Gasteiger partial charge in [-0.15, -0.1) is 0 Å². The van der Waals surface area contributed by atoms with Gasteiger partial charge in [0.05, 0.1) is 0 Å². The fourth-order valence-corrected chi connectivity index (χ4v) is 7.17. The Morgan fingerprint density at radius 1 is 0.314 bits per heavy atom. The normalized spacial score (nSPS) is 11.5. The van der Waals surface area contributed by atoms with E-state index >= 15 is 0 Å². The van der Waals surface area contributed by atoms with E-state index in [1.54, 1.807) is 0 Å². The number of aromatic nitrogens is 3. The highest BCUT2D eigenvalue weighted by atomic mass is 16.3. The first-order valence-electron chi connectivity index (χ1n) is 17.1. The topological polar surface area (TPSA) is 51.8 Å². The van der Waals surface area contributed by atoms with E-state index in [4.69, 9.17) is 19.4 Å². The van der Waals surface area contributed by atoms with Gasteiger partial charge < -0.3 is 4.42 Å². The number of hydrogen-bond acceptors (Lipinski definition) is 4. The van der Waals surface area contributed by atoms with E-state index in [0.29, 0.717) is 17.5 Å². The first-order chi connectivity index (χ1) is 25.2. The maximum Gasteiger partial charge on any atom is 0.164 e. The number of nitrogens with zero attached hydrogens (tertiary/aromatic N) is 3. The van der Waals surface area contributed by atoms with Gasteiger partial charge in [-0.1, -0.05) is 146 Å². The fourth-order valence-electron chi connectivity index (χ4n) is 7.17. The second-order valence-corrected chi connectivity index (χ2v) is 12.8. The van der Waals surface area contributed by atoms with Crippen LogP contribution in [-0.4, -0.2) is 15.0 Å². The quantitative estimate of drug-likeness (QED) is 0.186. The number of furan rings is 1. The lowest BCUT2D eigenvalue weighted by atomic mass is 9.92. The zero-order valence-corrected chi connectivity index (χ0v) is 27.5. The molecule has 0 fully saturated rings. The molecule has 238 valence electrons. The highest BCUT2D eigenvalue weighted by Gasteiger charge is 2.20. The molecule has 0 saturated heterocycles. The molecule has 2 heterocycles. The van der Waals surface area contributed by atoms with Gasteiger partial charge in [-0.2, -0.15) is 0 Å². The van der Waals surface area contributed by atoms with Crippen molar-refractivity contribution < 1.29 is 4.42 Å². The van der Waals surface area contributed by atoms with Gasteiger partial charge in [0.25, 0.3) is 0 Å². The number of fused-ring (bicyclic) bond motifs is 5. The maximum atomic E-state index is 6.32. The SMILES string of the molecule is c1ccc(-c2nc(-c3ccc(-c4ccc5ccccc5c4)cc3)nc(-c3cc4ccccc4cc3-c3cccc4oc5ccccc5c34)n2)cc1. The number of benzene rings is 8. The molecule has 0 bridgehead atoms. The largest absolute Gasteiger partial charge is 0.456 e. The van der Waals surface area contributed by atoms with Crippen molar-refractivity contribution in [2.75, 3.05) is 0 Å². The van der Waals surface area contributed by atoms with Crippen LogP contribution in [0.1, 0.15) is 0 Å². The van der Waals surface area contributed by atoms with E-state index in [1.165, 1.54) is 16.3 Å². The van der Waals surface area contributed by atoms with Crippen molar-refractivity contribution in [1.82, 2.24) is 15.0 Å². The van der Waals surface area contributed by atoms with Gasteiger partial charge in [0.2, 0.25) is 0 Å². The average molecular weight is 652 g/mol. The lowest BCUT2D eigenvalue weighted by molar-refractivity contribution is 0.669. The van der Waals surface area contributed by atoms with E-state index < -0.39 is 0 Å². The Bertz CT molecular complexity index is 2910. The van der Waals surface area contributed by atoms with Gasteiger partial charge in [0.1, 0.15) is 11.2 Å². The summed E-state index contributed by atoms with van der Waals surface area (Å²) in [6.07, 6.45) is 0. The lowest BCUT2D eigenvalue weighted by Gasteiger charge is -2.14. The molecule has 0 spiro atoms. The summed E-state index contributed by atoms with van der Waals surface area (Å²) in [5, 5.41) is 6.86. The van der Waals surface area contributed by atoms with Crippen LogP contribution in [0.4, 0.5) is 0 Å². The molecule has 0 aliphatic heterocycles. The summed E-state index contributed by atoms with van der Waals surface area (Å²) in [5.41, 5.74) is 8.91. The minimum absolute atomic E-state index is 0.614. The van der Waals surface area contributed by atoms with Crippen LogP contribution >= 0.6 is 0 Å². The van der Waals surface area contributed by atoms with E-state index in [1.807, 2.05) is 48.5 Å². The standard InChI is InChI=1S/C47H29N3O/c1-2-12-32(13-3-1)45-48-46(33-24-21-31(22-25-33)37-26-23-30-11-4-5-14-34(30)27-37)50-47(49-45)41-29-36-16-7-6-15-35(36)28-40(41)38-18-10-20-43-44(38)39-17-8-9-19-42(39)51-43/h1-29H. The summed E-state index contributed by atoms with van der Waals surface area (Å²) in [5.74, 6) is 1.86. The summed E-state index contributed by atoms with van der Waals surface area (Å²) in [4.78, 5) is 15.4. The van der Waals surface area contributed by atoms with E-state index in [2.05, 4.69) is 127 Å². The van der Waals surface area contributed by atoms with Crippen molar-refractivity contribution in [1.29, 1.82) is 0 Å². The summed E-state index contributed by atoms with van der Waals surface area (Å²) in [6, 6.07) is 61.1. The van der Waals surface area contributed by atoms with Gasteiger partial charge in [-0.25, -0.2) is 15.0 Å². The van der Waals surface area contributed by atoms with Gasteiger partial charge in [-0.05, 0) is 74.1 Å². The van der Waals surface area contributed by atoms with Crippen LogP contribution < -0.4 is 0 Å². The van der Waals surface area contributed by atoms with Crippen molar-refractivity contribution in [2.45, 2.75) is 0 Å². The van der Waals surface area contributed by atoms with Crippen LogP contribution in [0.3, 0.4) is 0 Å². The molecule has 0 aliphatic rings. The fraction of sp³-hybridized carbons (Fsp3) is 0. The Balaban J connectivity index is 1.18. The summed E-state index contributed by atoms with van der Waals surface area (Å²) in [6.45, 7) is 0. The summed E-state index contributed by atoms with van der Waals surface area (Å²) in [7, 11) is 0. The van der Waals surface area contributed by atoms with Crippen molar-refractivity contribution in [3.05, 3.63) is 176 Å². The third-order valence-corrected chi connectivity index (χ3v) is 9.71. The first kappa shape index (κ1) is 29.0. The van der Waals surface area contributed by atoms with Crippen LogP contribution in [0.25, 0.3) is 99.9 Å². The molecular weight excluding hydrogens is 623 g/mol. The molecule has 4 heteroatoms. The van der Waals surface area contributed by atoms with Crippen LogP contribution in [0.2, 0.25) is 0 Å². The molecule has 8 aromatic carbocycles. The molecular formula is C47H29N3O. The van der Waals surface area contributed by atoms with Crippen LogP contribution in [-0.2, 0) is 0 Å². The number of hydrogen-bond donors (Lipinski definition) is 0. The van der Waals surface area contributed by atoms with Crippen molar-refractivity contribution >= 4 is 43.5 Å². The molecule has 0 aliphatic carbocycles. The Morgan fingerprint density at radius 2 is 0.863 bits per heavy atom. The van der Waals surface area contributed by atoms with Crippen LogP contribution in [0, 0.1) is 0 Å². The molecule has 0 unspecified atom stereocenters. The third kappa shape index (κ3) is 5.13. The van der Waals surface area contributed by atoms with Crippen molar-refractivity contribution in [3.63, 3.8) is 0 Å². The minimum Gasteiger partial charge on any atom is -0.456 e. The zero-order valence-electron chi connectivity index (χ0n) is 27.5.